The number of nitrogens with one attached hydrogen (secondary N) is 1. The number of anilines is 1. The lowest BCUT2D eigenvalue weighted by atomic mass is 10.1. The van der Waals surface area contributed by atoms with Crippen LogP contribution in [0.25, 0.3) is 21.0 Å². The molecule has 0 aliphatic carbocycles. The smallest absolute Gasteiger partial charge is 0.183 e. The lowest BCUT2D eigenvalue weighted by Crippen LogP contribution is -1.98. The Kier molecular flexibility index (Phi) is 3.74. The van der Waals surface area contributed by atoms with E-state index < -0.39 is 0 Å². The minimum atomic E-state index is 0.676. The van der Waals surface area contributed by atoms with Crippen LogP contribution in [0, 0.1) is 0 Å². The zero-order valence-corrected chi connectivity index (χ0v) is 12.6. The molecule has 0 bridgehead atoms. The fraction of sp³-hybridized carbons (Fsp3) is 0.312. The molecule has 0 aliphatic rings. The Morgan fingerprint density at radius 1 is 1.20 bits per heavy atom. The second-order valence-electron chi connectivity index (χ2n) is 4.65. The van der Waals surface area contributed by atoms with Gasteiger partial charge in [0.2, 0.25) is 0 Å². The highest BCUT2D eigenvalue weighted by atomic mass is 32.1. The van der Waals surface area contributed by atoms with Crippen LogP contribution in [-0.4, -0.2) is 18.1 Å². The molecule has 1 aromatic heterocycles. The molecule has 1 N–H and O–H groups in total. The summed E-state index contributed by atoms with van der Waals surface area (Å²) in [6, 6.07) is 10.4. The Hall–Kier alpha value is -1.81. The van der Waals surface area contributed by atoms with Gasteiger partial charge in [0, 0.05) is 23.4 Å². The van der Waals surface area contributed by atoms with Crippen molar-refractivity contribution in [3.05, 3.63) is 30.3 Å². The summed E-state index contributed by atoms with van der Waals surface area (Å²) in [6.07, 6.45) is 1.10. The van der Waals surface area contributed by atoms with Gasteiger partial charge in [0.1, 0.15) is 5.75 Å². The van der Waals surface area contributed by atoms with Crippen molar-refractivity contribution in [3.8, 4) is 5.75 Å². The van der Waals surface area contributed by atoms with E-state index in [0.717, 1.165) is 40.1 Å². The number of hydrogen-bond acceptors (Lipinski definition) is 4. The minimum absolute atomic E-state index is 0.676. The minimum Gasteiger partial charge on any atom is -0.493 e. The lowest BCUT2D eigenvalue weighted by Gasteiger charge is -2.07. The van der Waals surface area contributed by atoms with Crippen LogP contribution in [0.1, 0.15) is 20.3 Å². The third kappa shape index (κ3) is 2.31. The van der Waals surface area contributed by atoms with E-state index in [1.165, 1.54) is 4.70 Å². The highest BCUT2D eigenvalue weighted by Gasteiger charge is 2.11. The largest absolute Gasteiger partial charge is 0.493 e. The molecule has 0 atom stereocenters. The van der Waals surface area contributed by atoms with Crippen LogP contribution in [0.4, 0.5) is 5.13 Å². The fourth-order valence-electron chi connectivity index (χ4n) is 2.31. The van der Waals surface area contributed by atoms with Crippen LogP contribution in [-0.2, 0) is 0 Å². The van der Waals surface area contributed by atoms with Crippen LogP contribution < -0.4 is 10.1 Å². The third-order valence-corrected chi connectivity index (χ3v) is 4.15. The average Bonchev–Trinajstić information content (AvgIpc) is 2.89. The number of rotatable bonds is 5. The summed E-state index contributed by atoms with van der Waals surface area (Å²) >= 11 is 1.69. The number of aromatic nitrogens is 1. The molecule has 20 heavy (non-hydrogen) atoms. The zero-order valence-electron chi connectivity index (χ0n) is 11.8. The van der Waals surface area contributed by atoms with E-state index in [1.807, 2.05) is 13.0 Å². The van der Waals surface area contributed by atoms with Gasteiger partial charge in [-0.2, -0.15) is 0 Å². The Bertz CT molecular complexity index is 736. The van der Waals surface area contributed by atoms with Gasteiger partial charge in [0.05, 0.1) is 16.8 Å². The Morgan fingerprint density at radius 3 is 2.75 bits per heavy atom. The number of ether oxygens (including phenoxy) is 1. The van der Waals surface area contributed by atoms with Crippen molar-refractivity contribution in [2.75, 3.05) is 18.5 Å². The SMILES string of the molecule is CCCNc1nc2c(cc(OCC)c3ccccc32)s1. The van der Waals surface area contributed by atoms with E-state index in [2.05, 4.69) is 36.5 Å². The van der Waals surface area contributed by atoms with Crippen molar-refractivity contribution in [1.82, 2.24) is 4.98 Å². The normalized spacial score (nSPS) is 11.1. The summed E-state index contributed by atoms with van der Waals surface area (Å²) in [7, 11) is 0. The van der Waals surface area contributed by atoms with E-state index in [-0.39, 0.29) is 0 Å². The molecule has 4 heteroatoms. The van der Waals surface area contributed by atoms with Crippen molar-refractivity contribution >= 4 is 37.5 Å². The van der Waals surface area contributed by atoms with Crippen LogP contribution >= 0.6 is 11.3 Å². The number of fused-ring (bicyclic) bond motifs is 3. The van der Waals surface area contributed by atoms with E-state index in [0.29, 0.717) is 6.61 Å². The maximum atomic E-state index is 5.78. The summed E-state index contributed by atoms with van der Waals surface area (Å²) in [5, 5.41) is 6.65. The Balaban J connectivity index is 2.19. The summed E-state index contributed by atoms with van der Waals surface area (Å²) in [5.74, 6) is 0.946. The monoisotopic (exact) mass is 286 g/mol. The summed E-state index contributed by atoms with van der Waals surface area (Å²) in [4.78, 5) is 4.73. The number of hydrogen-bond donors (Lipinski definition) is 1. The van der Waals surface area contributed by atoms with E-state index in [9.17, 15) is 0 Å². The predicted molar refractivity (Wildman–Crippen MR) is 87.1 cm³/mol. The molecular weight excluding hydrogens is 268 g/mol. The Morgan fingerprint density at radius 2 is 2.00 bits per heavy atom. The van der Waals surface area contributed by atoms with Crippen LogP contribution in [0.5, 0.6) is 5.75 Å². The van der Waals surface area contributed by atoms with Gasteiger partial charge in [-0.25, -0.2) is 4.98 Å². The molecule has 104 valence electrons. The summed E-state index contributed by atoms with van der Waals surface area (Å²) in [6.45, 7) is 5.80. The lowest BCUT2D eigenvalue weighted by molar-refractivity contribution is 0.345. The van der Waals surface area contributed by atoms with Crippen molar-refractivity contribution in [2.45, 2.75) is 20.3 Å². The van der Waals surface area contributed by atoms with E-state index in [4.69, 9.17) is 9.72 Å². The van der Waals surface area contributed by atoms with Gasteiger partial charge < -0.3 is 10.1 Å². The number of benzene rings is 2. The van der Waals surface area contributed by atoms with Gasteiger partial charge in [-0.1, -0.05) is 42.5 Å². The maximum absolute atomic E-state index is 5.78. The topological polar surface area (TPSA) is 34.2 Å². The molecule has 3 rings (SSSR count). The maximum Gasteiger partial charge on any atom is 0.183 e. The summed E-state index contributed by atoms with van der Waals surface area (Å²) in [5.41, 5.74) is 1.06. The molecule has 0 spiro atoms. The van der Waals surface area contributed by atoms with Gasteiger partial charge >= 0.3 is 0 Å². The van der Waals surface area contributed by atoms with Crippen molar-refractivity contribution < 1.29 is 4.74 Å². The second kappa shape index (κ2) is 5.67. The molecular formula is C16H18N2OS. The average molecular weight is 286 g/mol. The molecule has 0 radical (unpaired) electrons. The zero-order chi connectivity index (χ0) is 13.9. The molecule has 1 heterocycles. The molecule has 0 unspecified atom stereocenters. The first-order valence-electron chi connectivity index (χ1n) is 7.02. The Labute approximate surface area is 122 Å². The fourth-order valence-corrected chi connectivity index (χ4v) is 3.24. The molecule has 0 fully saturated rings. The molecule has 0 saturated carbocycles. The number of nitrogens with zero attached hydrogens (tertiary/aromatic N) is 1. The van der Waals surface area contributed by atoms with E-state index >= 15 is 0 Å². The van der Waals surface area contributed by atoms with Crippen LogP contribution in [0.3, 0.4) is 0 Å². The van der Waals surface area contributed by atoms with Gasteiger partial charge in [-0.05, 0) is 13.3 Å². The molecule has 3 nitrogen and oxygen atoms in total. The molecule has 2 aromatic carbocycles. The first kappa shape index (κ1) is 13.2. The van der Waals surface area contributed by atoms with Gasteiger partial charge in [-0.15, -0.1) is 0 Å². The highest BCUT2D eigenvalue weighted by molar-refractivity contribution is 7.22. The number of thiazole rings is 1. The van der Waals surface area contributed by atoms with Gasteiger partial charge in [0.25, 0.3) is 0 Å². The van der Waals surface area contributed by atoms with E-state index in [1.54, 1.807) is 11.3 Å². The molecule has 3 aromatic rings. The van der Waals surface area contributed by atoms with Crippen molar-refractivity contribution in [3.63, 3.8) is 0 Å². The van der Waals surface area contributed by atoms with Crippen LogP contribution in [0.2, 0.25) is 0 Å². The summed E-state index contributed by atoms with van der Waals surface area (Å²) < 4.78 is 6.95. The van der Waals surface area contributed by atoms with Gasteiger partial charge in [-0.3, -0.25) is 0 Å². The van der Waals surface area contributed by atoms with Gasteiger partial charge in [0.15, 0.2) is 5.13 Å². The van der Waals surface area contributed by atoms with Crippen molar-refractivity contribution in [2.24, 2.45) is 0 Å². The first-order chi connectivity index (χ1) is 9.83. The molecule has 0 amide bonds. The third-order valence-electron chi connectivity index (χ3n) is 3.19. The quantitative estimate of drug-likeness (QED) is 0.740. The second-order valence-corrected chi connectivity index (χ2v) is 5.68. The van der Waals surface area contributed by atoms with Crippen molar-refractivity contribution in [1.29, 1.82) is 0 Å². The first-order valence-corrected chi connectivity index (χ1v) is 7.84. The molecule has 0 aliphatic heterocycles. The van der Waals surface area contributed by atoms with Crippen LogP contribution in [0.15, 0.2) is 30.3 Å². The predicted octanol–water partition coefficient (Wildman–Crippen LogP) is 4.67. The molecule has 0 saturated heterocycles. The highest BCUT2D eigenvalue weighted by Crippen LogP contribution is 2.37. The standard InChI is InChI=1S/C16H18N2OS/c1-3-9-17-16-18-15-12-8-6-5-7-11(12)13(19-4-2)10-14(15)20-16/h5-8,10H,3-4,9H2,1-2H3,(H,17,18).